The quantitative estimate of drug-likeness (QED) is 0.0228. The van der Waals surface area contributed by atoms with Crippen LogP contribution in [-0.2, 0) is 42.9 Å². The van der Waals surface area contributed by atoms with Gasteiger partial charge in [-0.1, -0.05) is 241 Å². The van der Waals surface area contributed by atoms with Gasteiger partial charge in [-0.15, -0.1) is 0 Å². The highest BCUT2D eigenvalue weighted by atomic mass is 16.7. The van der Waals surface area contributed by atoms with Crippen LogP contribution in [0, 0.1) is 0 Å². The molecule has 1 fully saturated rings. The normalized spacial score (nSPS) is 18.5. The standard InChI is InChI=1S/C65H110O12/c1-4-7-10-13-16-19-22-25-27-29-31-34-36-39-42-45-48-51-57(66)73-54-56(75-58(67)52-49-46-43-40-37-33-24-21-18-15-12-9-6-3)55-74-65-63(61(70)60(69)62(77-65)64(71)72)76-59(68)53-50-47-44-41-38-35-32-30-28-26-23-20-17-14-11-8-5-2/h9,12,17-18,20-21,26,28,33,37,43,46,56,60-63,65,69-70H,4-8,10-11,13-16,19,22-25,27,29-32,34-36,38-42,44-45,47-55H2,1-3H3,(H,71,72)/b12-9-,20-17-,21-18-,28-26-,37-33-,46-43-. The average Bonchev–Trinajstić information content (AvgIpc) is 3.42. The van der Waals surface area contributed by atoms with E-state index in [0.29, 0.717) is 25.7 Å². The Morgan fingerprint density at radius 2 is 0.844 bits per heavy atom. The van der Waals surface area contributed by atoms with Crippen molar-refractivity contribution in [3.63, 3.8) is 0 Å². The van der Waals surface area contributed by atoms with Crippen molar-refractivity contribution >= 4 is 23.9 Å². The Balaban J connectivity index is 2.69. The second kappa shape index (κ2) is 52.8. The molecule has 12 nitrogen and oxygen atoms in total. The third-order valence-corrected chi connectivity index (χ3v) is 13.8. The average molecular weight is 1080 g/mol. The first kappa shape index (κ1) is 71.2. The van der Waals surface area contributed by atoms with Gasteiger partial charge in [-0.05, 0) is 77.0 Å². The third kappa shape index (κ3) is 42.7. The summed E-state index contributed by atoms with van der Waals surface area (Å²) in [6.07, 6.45) is 54.6. The summed E-state index contributed by atoms with van der Waals surface area (Å²) in [5.41, 5.74) is 0. The smallest absolute Gasteiger partial charge is 0.335 e. The Bertz CT molecular complexity index is 1620. The number of aliphatic carboxylic acids is 1. The van der Waals surface area contributed by atoms with Gasteiger partial charge in [0.1, 0.15) is 18.8 Å². The molecule has 0 spiro atoms. The predicted molar refractivity (Wildman–Crippen MR) is 312 cm³/mol. The molecule has 6 unspecified atom stereocenters. The van der Waals surface area contributed by atoms with Crippen LogP contribution in [0.4, 0.5) is 0 Å². The topological polar surface area (TPSA) is 175 Å². The van der Waals surface area contributed by atoms with Gasteiger partial charge in [-0.2, -0.15) is 0 Å². The number of esters is 3. The van der Waals surface area contributed by atoms with Crippen molar-refractivity contribution in [1.82, 2.24) is 0 Å². The molecule has 0 aromatic heterocycles. The van der Waals surface area contributed by atoms with Crippen molar-refractivity contribution in [2.75, 3.05) is 13.2 Å². The molecule has 1 aliphatic rings. The Kier molecular flexibility index (Phi) is 48.8. The summed E-state index contributed by atoms with van der Waals surface area (Å²) >= 11 is 0. The van der Waals surface area contributed by atoms with Gasteiger partial charge in [0.2, 0.25) is 0 Å². The number of aliphatic hydroxyl groups is 2. The molecule has 0 radical (unpaired) electrons. The van der Waals surface area contributed by atoms with Gasteiger partial charge in [0.05, 0.1) is 6.61 Å². The van der Waals surface area contributed by atoms with Gasteiger partial charge in [-0.25, -0.2) is 4.79 Å². The van der Waals surface area contributed by atoms with Gasteiger partial charge in [0.25, 0.3) is 0 Å². The van der Waals surface area contributed by atoms with Crippen molar-refractivity contribution < 1.29 is 58.2 Å². The molecule has 0 saturated carbocycles. The number of unbranched alkanes of at least 4 members (excludes halogenated alkanes) is 26. The monoisotopic (exact) mass is 1080 g/mol. The maximum atomic E-state index is 13.1. The minimum atomic E-state index is -1.92. The van der Waals surface area contributed by atoms with E-state index in [4.69, 9.17) is 23.7 Å². The van der Waals surface area contributed by atoms with Crippen molar-refractivity contribution in [3.8, 4) is 0 Å². The van der Waals surface area contributed by atoms with Crippen LogP contribution in [0.25, 0.3) is 0 Å². The summed E-state index contributed by atoms with van der Waals surface area (Å²) < 4.78 is 28.4. The van der Waals surface area contributed by atoms with Crippen LogP contribution in [0.2, 0.25) is 0 Å². The highest BCUT2D eigenvalue weighted by Gasteiger charge is 2.50. The molecule has 0 amide bonds. The molecule has 77 heavy (non-hydrogen) atoms. The van der Waals surface area contributed by atoms with Crippen LogP contribution in [0.5, 0.6) is 0 Å². The van der Waals surface area contributed by atoms with E-state index in [9.17, 15) is 34.5 Å². The molecule has 442 valence electrons. The van der Waals surface area contributed by atoms with E-state index in [2.05, 4.69) is 81.5 Å². The first-order chi connectivity index (χ1) is 37.6. The maximum Gasteiger partial charge on any atom is 0.335 e. The van der Waals surface area contributed by atoms with Crippen molar-refractivity contribution in [2.45, 2.75) is 302 Å². The second-order valence-corrected chi connectivity index (χ2v) is 21.0. The van der Waals surface area contributed by atoms with Gasteiger partial charge in [0, 0.05) is 19.3 Å². The van der Waals surface area contributed by atoms with Crippen LogP contribution in [0.1, 0.15) is 265 Å². The summed E-state index contributed by atoms with van der Waals surface area (Å²) in [5.74, 6) is -3.23. The lowest BCUT2D eigenvalue weighted by atomic mass is 9.98. The van der Waals surface area contributed by atoms with E-state index in [1.54, 1.807) is 0 Å². The van der Waals surface area contributed by atoms with Crippen molar-refractivity contribution in [3.05, 3.63) is 72.9 Å². The lowest BCUT2D eigenvalue weighted by molar-refractivity contribution is -0.301. The van der Waals surface area contributed by atoms with Gasteiger partial charge >= 0.3 is 23.9 Å². The Morgan fingerprint density at radius 3 is 1.32 bits per heavy atom. The Labute approximate surface area is 468 Å². The second-order valence-electron chi connectivity index (χ2n) is 21.0. The van der Waals surface area contributed by atoms with Crippen molar-refractivity contribution in [1.29, 1.82) is 0 Å². The van der Waals surface area contributed by atoms with Crippen LogP contribution < -0.4 is 0 Å². The summed E-state index contributed by atoms with van der Waals surface area (Å²) in [5, 5.41) is 31.5. The largest absolute Gasteiger partial charge is 0.479 e. The molecule has 1 saturated heterocycles. The van der Waals surface area contributed by atoms with E-state index >= 15 is 0 Å². The maximum absolute atomic E-state index is 13.1. The molecule has 12 heteroatoms. The van der Waals surface area contributed by atoms with Crippen LogP contribution in [0.15, 0.2) is 72.9 Å². The highest BCUT2D eigenvalue weighted by molar-refractivity contribution is 5.74. The van der Waals surface area contributed by atoms with Crippen LogP contribution in [-0.4, -0.2) is 89.2 Å². The number of carbonyl (C=O) groups is 4. The minimum absolute atomic E-state index is 0.0409. The molecule has 3 N–H and O–H groups in total. The number of allylic oxidation sites excluding steroid dienone is 12. The highest BCUT2D eigenvalue weighted by Crippen LogP contribution is 2.26. The van der Waals surface area contributed by atoms with Crippen LogP contribution >= 0.6 is 0 Å². The lowest BCUT2D eigenvalue weighted by Crippen LogP contribution is -2.61. The SMILES string of the molecule is CC/C=C\C/C=C\C/C=C\C/C=C\CCC(=O)OC(COC(=O)CCCCCCCCCCCCCCCCCCC)COC1OC(C(=O)O)C(O)C(O)C1OC(=O)CCCCCCCCC/C=C\C/C=C\CCCCC. The number of carbonyl (C=O) groups excluding carboxylic acids is 3. The fourth-order valence-corrected chi connectivity index (χ4v) is 9.06. The zero-order chi connectivity index (χ0) is 56.1. The lowest BCUT2D eigenvalue weighted by Gasteiger charge is -2.40. The number of carboxylic acids is 1. The first-order valence-electron chi connectivity index (χ1n) is 30.9. The van der Waals surface area contributed by atoms with Gasteiger partial charge < -0.3 is 39.0 Å². The zero-order valence-electron chi connectivity index (χ0n) is 48.7. The number of hydrogen-bond acceptors (Lipinski definition) is 11. The fourth-order valence-electron chi connectivity index (χ4n) is 9.06. The van der Waals surface area contributed by atoms with Crippen LogP contribution in [0.3, 0.4) is 0 Å². The van der Waals surface area contributed by atoms with E-state index in [1.807, 2.05) is 12.2 Å². The van der Waals surface area contributed by atoms with Gasteiger partial charge in [-0.3, -0.25) is 14.4 Å². The zero-order valence-corrected chi connectivity index (χ0v) is 48.7. The first-order valence-corrected chi connectivity index (χ1v) is 30.9. The number of ether oxygens (including phenoxy) is 5. The molecule has 1 heterocycles. The molecule has 6 atom stereocenters. The molecule has 1 rings (SSSR count). The molecular weight excluding hydrogens is 973 g/mol. The number of carboxylic acid groups (broad SMARTS) is 1. The van der Waals surface area contributed by atoms with E-state index in [0.717, 1.165) is 96.3 Å². The summed E-state index contributed by atoms with van der Waals surface area (Å²) in [4.78, 5) is 51.1. The summed E-state index contributed by atoms with van der Waals surface area (Å²) in [6.45, 7) is 5.81. The minimum Gasteiger partial charge on any atom is -0.479 e. The molecule has 1 aliphatic heterocycles. The predicted octanol–water partition coefficient (Wildman–Crippen LogP) is 16.1. The summed E-state index contributed by atoms with van der Waals surface area (Å²) in [7, 11) is 0. The Morgan fingerprint density at radius 1 is 0.442 bits per heavy atom. The molecule has 0 aliphatic carbocycles. The summed E-state index contributed by atoms with van der Waals surface area (Å²) in [6, 6.07) is 0. The van der Waals surface area contributed by atoms with E-state index in [1.165, 1.54) is 103 Å². The van der Waals surface area contributed by atoms with Crippen molar-refractivity contribution in [2.24, 2.45) is 0 Å². The molecule has 0 aromatic rings. The molecular formula is C65H110O12. The number of aliphatic hydroxyl groups excluding tert-OH is 2. The number of hydrogen-bond donors (Lipinski definition) is 3. The number of rotatable bonds is 52. The fraction of sp³-hybridized carbons (Fsp3) is 0.754. The molecule has 0 aromatic carbocycles. The third-order valence-electron chi connectivity index (χ3n) is 13.8. The molecule has 0 bridgehead atoms. The van der Waals surface area contributed by atoms with Gasteiger partial charge in [0.15, 0.2) is 24.6 Å². The van der Waals surface area contributed by atoms with E-state index in [-0.39, 0.29) is 25.9 Å². The Hall–Kier alpha value is -3.84. The van der Waals surface area contributed by atoms with E-state index < -0.39 is 67.3 Å².